The molecule has 136 valence electrons. The molecule has 0 saturated heterocycles. The molecule has 0 atom stereocenters. The molecule has 3 N–H and O–H groups in total. The monoisotopic (exact) mass is 360 g/mol. The third-order valence-corrected chi connectivity index (χ3v) is 4.12. The van der Waals surface area contributed by atoms with Crippen molar-refractivity contribution < 1.29 is 14.7 Å². The molecule has 1 amide bonds. The quantitative estimate of drug-likeness (QED) is 0.593. The topological polar surface area (TPSA) is 78.4 Å². The van der Waals surface area contributed by atoms with Crippen LogP contribution in [-0.2, 0) is 6.42 Å². The van der Waals surface area contributed by atoms with Crippen LogP contribution in [0.2, 0.25) is 0 Å². The first-order chi connectivity index (χ1) is 13.1. The Labute approximate surface area is 157 Å². The summed E-state index contributed by atoms with van der Waals surface area (Å²) in [6, 6.07) is 23.7. The summed E-state index contributed by atoms with van der Waals surface area (Å²) in [5.74, 6) is -1.10. The van der Waals surface area contributed by atoms with Gasteiger partial charge in [0.2, 0.25) is 0 Å². The molecule has 0 saturated carbocycles. The summed E-state index contributed by atoms with van der Waals surface area (Å²) in [4.78, 5) is 23.4. The molecule has 0 spiro atoms. The molecular weight excluding hydrogens is 340 g/mol. The van der Waals surface area contributed by atoms with Crippen LogP contribution in [0.3, 0.4) is 0 Å². The van der Waals surface area contributed by atoms with E-state index in [4.69, 9.17) is 5.11 Å². The number of anilines is 2. The minimum atomic E-state index is -0.947. The van der Waals surface area contributed by atoms with Crippen molar-refractivity contribution in [3.05, 3.63) is 95.6 Å². The van der Waals surface area contributed by atoms with Gasteiger partial charge in [0.25, 0.3) is 5.91 Å². The number of carbonyl (C=O) groups is 2. The molecular formula is C22H20N2O3. The van der Waals surface area contributed by atoms with Crippen LogP contribution in [0, 0.1) is 0 Å². The van der Waals surface area contributed by atoms with Crippen molar-refractivity contribution in [3.63, 3.8) is 0 Å². The van der Waals surface area contributed by atoms with Crippen molar-refractivity contribution in [2.75, 3.05) is 11.9 Å². The Balaban J connectivity index is 1.60. The van der Waals surface area contributed by atoms with Gasteiger partial charge in [-0.1, -0.05) is 42.5 Å². The minimum Gasteiger partial charge on any atom is -0.478 e. The van der Waals surface area contributed by atoms with Gasteiger partial charge < -0.3 is 15.7 Å². The third-order valence-electron chi connectivity index (χ3n) is 4.12. The normalized spacial score (nSPS) is 10.2. The van der Waals surface area contributed by atoms with Crippen LogP contribution in [0.5, 0.6) is 0 Å². The van der Waals surface area contributed by atoms with Gasteiger partial charge in [-0.25, -0.2) is 4.79 Å². The second kappa shape index (κ2) is 8.67. The van der Waals surface area contributed by atoms with Crippen LogP contribution < -0.4 is 10.6 Å². The van der Waals surface area contributed by atoms with Crippen molar-refractivity contribution in [1.29, 1.82) is 0 Å². The molecule has 27 heavy (non-hydrogen) atoms. The predicted molar refractivity (Wildman–Crippen MR) is 106 cm³/mol. The summed E-state index contributed by atoms with van der Waals surface area (Å²) in [5.41, 5.74) is 3.45. The van der Waals surface area contributed by atoms with Crippen LogP contribution in [0.15, 0.2) is 78.9 Å². The number of rotatable bonds is 7. The van der Waals surface area contributed by atoms with E-state index in [9.17, 15) is 9.59 Å². The maximum absolute atomic E-state index is 12.6. The van der Waals surface area contributed by atoms with E-state index in [0.29, 0.717) is 18.5 Å². The molecule has 5 nitrogen and oxygen atoms in total. The van der Waals surface area contributed by atoms with E-state index < -0.39 is 5.97 Å². The van der Waals surface area contributed by atoms with Gasteiger partial charge >= 0.3 is 5.97 Å². The first kappa shape index (κ1) is 18.2. The summed E-state index contributed by atoms with van der Waals surface area (Å²) in [6.07, 6.45) is 0.625. The second-order valence-electron chi connectivity index (χ2n) is 6.04. The van der Waals surface area contributed by atoms with Gasteiger partial charge in [-0.15, -0.1) is 0 Å². The number of benzene rings is 3. The lowest BCUT2D eigenvalue weighted by atomic mass is 10.1. The number of hydrogen-bond donors (Lipinski definition) is 3. The highest BCUT2D eigenvalue weighted by atomic mass is 16.4. The number of aromatic carboxylic acids is 1. The van der Waals surface area contributed by atoms with Gasteiger partial charge in [-0.2, -0.15) is 0 Å². The zero-order valence-corrected chi connectivity index (χ0v) is 14.7. The van der Waals surface area contributed by atoms with E-state index in [-0.39, 0.29) is 11.5 Å². The largest absolute Gasteiger partial charge is 0.478 e. The summed E-state index contributed by atoms with van der Waals surface area (Å²) >= 11 is 0. The Morgan fingerprint density at radius 1 is 0.815 bits per heavy atom. The molecule has 5 heteroatoms. The van der Waals surface area contributed by atoms with Crippen molar-refractivity contribution in [2.45, 2.75) is 6.42 Å². The Bertz CT molecular complexity index is 922. The summed E-state index contributed by atoms with van der Waals surface area (Å²) in [7, 11) is 0. The van der Waals surface area contributed by atoms with Crippen LogP contribution >= 0.6 is 0 Å². The number of carboxylic acid groups (broad SMARTS) is 1. The van der Waals surface area contributed by atoms with Crippen molar-refractivity contribution in [2.24, 2.45) is 0 Å². The van der Waals surface area contributed by atoms with Gasteiger partial charge in [0.15, 0.2) is 0 Å². The smallest absolute Gasteiger partial charge is 0.335 e. The van der Waals surface area contributed by atoms with Crippen LogP contribution in [0.25, 0.3) is 0 Å². The molecule has 0 radical (unpaired) electrons. The Hall–Kier alpha value is -3.60. The fourth-order valence-corrected chi connectivity index (χ4v) is 2.70. The Morgan fingerprint density at radius 3 is 2.19 bits per heavy atom. The fourth-order valence-electron chi connectivity index (χ4n) is 2.70. The predicted octanol–water partition coefficient (Wildman–Crippen LogP) is 4.10. The molecule has 0 bridgehead atoms. The highest BCUT2D eigenvalue weighted by Gasteiger charge is 2.10. The first-order valence-electron chi connectivity index (χ1n) is 8.65. The first-order valence-corrected chi connectivity index (χ1v) is 8.65. The SMILES string of the molecule is O=C(O)c1ccc(CCNC(=O)c2ccccc2Nc2ccccc2)cc1. The number of carboxylic acids is 1. The molecule has 3 rings (SSSR count). The lowest BCUT2D eigenvalue weighted by molar-refractivity contribution is 0.0696. The number of carbonyl (C=O) groups excluding carboxylic acids is 1. The van der Waals surface area contributed by atoms with E-state index in [0.717, 1.165) is 16.9 Å². The number of nitrogens with one attached hydrogen (secondary N) is 2. The third kappa shape index (κ3) is 4.95. The van der Waals surface area contributed by atoms with Crippen LogP contribution in [-0.4, -0.2) is 23.5 Å². The van der Waals surface area contributed by atoms with Gasteiger partial charge in [0.1, 0.15) is 0 Å². The number of amides is 1. The van der Waals surface area contributed by atoms with Crippen molar-refractivity contribution in [3.8, 4) is 0 Å². The molecule has 3 aromatic rings. The van der Waals surface area contributed by atoms with E-state index >= 15 is 0 Å². The van der Waals surface area contributed by atoms with Crippen LogP contribution in [0.1, 0.15) is 26.3 Å². The lowest BCUT2D eigenvalue weighted by Gasteiger charge is -2.12. The maximum atomic E-state index is 12.6. The summed E-state index contributed by atoms with van der Waals surface area (Å²) < 4.78 is 0. The Morgan fingerprint density at radius 2 is 1.48 bits per heavy atom. The van der Waals surface area contributed by atoms with E-state index in [1.807, 2.05) is 48.5 Å². The van der Waals surface area contributed by atoms with E-state index in [1.165, 1.54) is 0 Å². The van der Waals surface area contributed by atoms with E-state index in [2.05, 4.69) is 10.6 Å². The molecule has 0 aromatic heterocycles. The molecule has 0 aliphatic heterocycles. The number of hydrogen-bond acceptors (Lipinski definition) is 3. The van der Waals surface area contributed by atoms with Gasteiger partial charge in [0.05, 0.1) is 16.8 Å². The average molecular weight is 360 g/mol. The van der Waals surface area contributed by atoms with Gasteiger partial charge in [-0.3, -0.25) is 4.79 Å². The Kier molecular flexibility index (Phi) is 5.84. The van der Waals surface area contributed by atoms with Crippen molar-refractivity contribution >= 4 is 23.3 Å². The lowest BCUT2D eigenvalue weighted by Crippen LogP contribution is -2.26. The molecule has 3 aromatic carbocycles. The highest BCUT2D eigenvalue weighted by Crippen LogP contribution is 2.20. The molecule has 0 fully saturated rings. The summed E-state index contributed by atoms with van der Waals surface area (Å²) in [6.45, 7) is 0.463. The standard InChI is InChI=1S/C22H20N2O3/c25-21(23-15-14-16-10-12-17(13-11-16)22(26)27)19-8-4-5-9-20(19)24-18-6-2-1-3-7-18/h1-13,24H,14-15H2,(H,23,25)(H,26,27). The molecule has 0 unspecified atom stereocenters. The van der Waals surface area contributed by atoms with Crippen molar-refractivity contribution in [1.82, 2.24) is 5.32 Å². The molecule has 0 aliphatic rings. The van der Waals surface area contributed by atoms with Crippen LogP contribution in [0.4, 0.5) is 11.4 Å². The molecule has 0 heterocycles. The second-order valence-corrected chi connectivity index (χ2v) is 6.04. The fraction of sp³-hybridized carbons (Fsp3) is 0.0909. The molecule has 0 aliphatic carbocycles. The van der Waals surface area contributed by atoms with Gasteiger partial charge in [0, 0.05) is 12.2 Å². The van der Waals surface area contributed by atoms with E-state index in [1.54, 1.807) is 30.3 Å². The minimum absolute atomic E-state index is 0.156. The maximum Gasteiger partial charge on any atom is 0.335 e. The highest BCUT2D eigenvalue weighted by molar-refractivity contribution is 6.00. The zero-order chi connectivity index (χ0) is 19.1. The zero-order valence-electron chi connectivity index (χ0n) is 14.7. The average Bonchev–Trinajstić information content (AvgIpc) is 2.69. The summed E-state index contributed by atoms with van der Waals surface area (Å²) in [5, 5.41) is 15.1. The van der Waals surface area contributed by atoms with Gasteiger partial charge in [-0.05, 0) is 48.4 Å². The number of para-hydroxylation sites is 2.